The second-order valence-electron chi connectivity index (χ2n) is 4.32. The summed E-state index contributed by atoms with van der Waals surface area (Å²) in [6, 6.07) is 0.00265. The number of hydrogen-bond donors (Lipinski definition) is 3. The highest BCUT2D eigenvalue weighted by atomic mass is 16.6. The van der Waals surface area contributed by atoms with Gasteiger partial charge in [0.05, 0.1) is 4.92 Å². The summed E-state index contributed by atoms with van der Waals surface area (Å²) in [6.07, 6.45) is 1.85. The fourth-order valence-electron chi connectivity index (χ4n) is 2.03. The lowest BCUT2D eigenvalue weighted by atomic mass is 10.1. The zero-order valence-electron chi connectivity index (χ0n) is 10.0. The van der Waals surface area contributed by atoms with Gasteiger partial charge in [-0.05, 0) is 26.3 Å². The Bertz CT molecular complexity index is 464. The third-order valence-corrected chi connectivity index (χ3v) is 2.94. The molecule has 8 nitrogen and oxygen atoms in total. The molecule has 1 aliphatic rings. The van der Waals surface area contributed by atoms with Gasteiger partial charge in [0.2, 0.25) is 5.69 Å². The van der Waals surface area contributed by atoms with Gasteiger partial charge in [-0.3, -0.25) is 20.0 Å². The zero-order valence-corrected chi connectivity index (χ0v) is 10.0. The van der Waals surface area contributed by atoms with Gasteiger partial charge in [-0.1, -0.05) is 0 Å². The molecule has 18 heavy (non-hydrogen) atoms. The normalized spacial score (nSPS) is 19.5. The van der Waals surface area contributed by atoms with E-state index in [-0.39, 0.29) is 23.1 Å². The van der Waals surface area contributed by atoms with Gasteiger partial charge in [-0.15, -0.1) is 0 Å². The molecule has 2 rings (SSSR count). The van der Waals surface area contributed by atoms with Crippen LogP contribution in [0, 0.1) is 17.0 Å². The molecule has 0 spiro atoms. The number of nitrogens with zero attached hydrogens (tertiary/aromatic N) is 2. The van der Waals surface area contributed by atoms with Crippen molar-refractivity contribution in [2.75, 3.05) is 13.1 Å². The minimum atomic E-state index is -0.590. The van der Waals surface area contributed by atoms with Crippen molar-refractivity contribution < 1.29 is 9.72 Å². The largest absolute Gasteiger partial charge is 0.346 e. The average Bonchev–Trinajstić information content (AvgIpc) is 2.72. The molecule has 0 aromatic carbocycles. The van der Waals surface area contributed by atoms with Crippen LogP contribution in [0.1, 0.15) is 29.0 Å². The molecule has 1 aromatic heterocycles. The van der Waals surface area contributed by atoms with Crippen LogP contribution < -0.4 is 10.6 Å². The fraction of sp³-hybridized carbons (Fsp3) is 0.600. The summed E-state index contributed by atoms with van der Waals surface area (Å²) in [6.45, 7) is 3.14. The highest BCUT2D eigenvalue weighted by Gasteiger charge is 2.28. The summed E-state index contributed by atoms with van der Waals surface area (Å²) >= 11 is 0. The molecule has 0 unspecified atom stereocenters. The summed E-state index contributed by atoms with van der Waals surface area (Å²) in [5.41, 5.74) is -0.119. The Hall–Kier alpha value is -1.96. The van der Waals surface area contributed by atoms with E-state index in [2.05, 4.69) is 20.8 Å². The number of rotatable bonds is 3. The van der Waals surface area contributed by atoms with Crippen molar-refractivity contribution in [2.24, 2.45) is 0 Å². The number of aryl methyl sites for hydroxylation is 1. The summed E-state index contributed by atoms with van der Waals surface area (Å²) in [5.74, 6) is -0.500. The second kappa shape index (κ2) is 5.13. The van der Waals surface area contributed by atoms with E-state index >= 15 is 0 Å². The predicted molar refractivity (Wildman–Crippen MR) is 63.3 cm³/mol. The number of nitrogens with one attached hydrogen (secondary N) is 3. The van der Waals surface area contributed by atoms with Gasteiger partial charge < -0.3 is 10.6 Å². The van der Waals surface area contributed by atoms with Crippen molar-refractivity contribution in [3.63, 3.8) is 0 Å². The molecule has 1 fully saturated rings. The van der Waals surface area contributed by atoms with E-state index in [9.17, 15) is 14.9 Å². The molecular formula is C10H15N5O3. The smallest absolute Gasteiger partial charge is 0.322 e. The summed E-state index contributed by atoms with van der Waals surface area (Å²) < 4.78 is 0. The minimum Gasteiger partial charge on any atom is -0.346 e. The SMILES string of the molecule is Cc1[nH]nc(C(=O)N[C@H]2CCCNC2)c1[N+](=O)[O-]. The topological polar surface area (TPSA) is 113 Å². The lowest BCUT2D eigenvalue weighted by molar-refractivity contribution is -0.385. The number of carbonyl (C=O) groups excluding carboxylic acids is 1. The second-order valence-corrected chi connectivity index (χ2v) is 4.32. The molecule has 1 atom stereocenters. The van der Waals surface area contributed by atoms with E-state index in [0.29, 0.717) is 6.54 Å². The molecule has 0 saturated carbocycles. The number of H-pyrrole nitrogens is 1. The Morgan fingerprint density at radius 1 is 1.61 bits per heavy atom. The molecule has 1 aromatic rings. The van der Waals surface area contributed by atoms with E-state index in [1.54, 1.807) is 0 Å². The van der Waals surface area contributed by atoms with Crippen LogP contribution in [-0.4, -0.2) is 40.2 Å². The highest BCUT2D eigenvalue weighted by Crippen LogP contribution is 2.20. The van der Waals surface area contributed by atoms with Crippen molar-refractivity contribution in [3.05, 3.63) is 21.5 Å². The van der Waals surface area contributed by atoms with Crippen LogP contribution in [0.15, 0.2) is 0 Å². The number of amides is 1. The van der Waals surface area contributed by atoms with Gasteiger partial charge in [0, 0.05) is 12.6 Å². The Labute approximate surface area is 103 Å². The molecule has 0 radical (unpaired) electrons. The van der Waals surface area contributed by atoms with Gasteiger partial charge >= 0.3 is 5.69 Å². The van der Waals surface area contributed by atoms with E-state index in [0.717, 1.165) is 19.4 Å². The maximum atomic E-state index is 11.9. The van der Waals surface area contributed by atoms with E-state index in [1.165, 1.54) is 6.92 Å². The summed E-state index contributed by atoms with van der Waals surface area (Å²) in [4.78, 5) is 22.2. The monoisotopic (exact) mass is 253 g/mol. The van der Waals surface area contributed by atoms with E-state index in [1.807, 2.05) is 0 Å². The standard InChI is InChI=1S/C10H15N5O3/c1-6-9(15(17)18)8(14-13-6)10(16)12-7-3-2-4-11-5-7/h7,11H,2-5H2,1H3,(H,12,16)(H,13,14)/t7-/m0/s1. The van der Waals surface area contributed by atoms with E-state index < -0.39 is 10.8 Å². The van der Waals surface area contributed by atoms with Gasteiger partial charge in [-0.2, -0.15) is 5.10 Å². The van der Waals surface area contributed by atoms with Crippen molar-refractivity contribution in [3.8, 4) is 0 Å². The third kappa shape index (κ3) is 2.48. The number of aromatic amines is 1. The molecule has 1 saturated heterocycles. The maximum absolute atomic E-state index is 11.9. The van der Waals surface area contributed by atoms with Gasteiger partial charge in [0.1, 0.15) is 5.69 Å². The molecule has 0 bridgehead atoms. The Kier molecular flexibility index (Phi) is 3.56. The van der Waals surface area contributed by atoms with E-state index in [4.69, 9.17) is 0 Å². The quantitative estimate of drug-likeness (QED) is 0.522. The molecule has 98 valence electrons. The van der Waals surface area contributed by atoms with Crippen molar-refractivity contribution in [2.45, 2.75) is 25.8 Å². The Balaban J connectivity index is 2.11. The predicted octanol–water partition coefficient (Wildman–Crippen LogP) is 0.108. The van der Waals surface area contributed by atoms with Gasteiger partial charge in [-0.25, -0.2) is 0 Å². The first kappa shape index (κ1) is 12.5. The highest BCUT2D eigenvalue weighted by molar-refractivity contribution is 5.96. The Morgan fingerprint density at radius 3 is 3.00 bits per heavy atom. The molecular weight excluding hydrogens is 238 g/mol. The molecule has 3 N–H and O–H groups in total. The maximum Gasteiger partial charge on any atom is 0.322 e. The third-order valence-electron chi connectivity index (χ3n) is 2.94. The lowest BCUT2D eigenvalue weighted by Crippen LogP contribution is -2.45. The molecule has 1 amide bonds. The number of nitro groups is 1. The van der Waals surface area contributed by atoms with Crippen LogP contribution in [0.5, 0.6) is 0 Å². The minimum absolute atomic E-state index is 0.00265. The molecule has 0 aliphatic carbocycles. The van der Waals surface area contributed by atoms with Crippen LogP contribution in [0.25, 0.3) is 0 Å². The summed E-state index contributed by atoms with van der Waals surface area (Å²) in [7, 11) is 0. The van der Waals surface area contributed by atoms with Crippen LogP contribution >= 0.6 is 0 Å². The first-order valence-electron chi connectivity index (χ1n) is 5.80. The Morgan fingerprint density at radius 2 is 2.39 bits per heavy atom. The number of piperidine rings is 1. The first-order valence-corrected chi connectivity index (χ1v) is 5.80. The van der Waals surface area contributed by atoms with Crippen LogP contribution in [-0.2, 0) is 0 Å². The first-order chi connectivity index (χ1) is 8.59. The van der Waals surface area contributed by atoms with Crippen LogP contribution in [0.4, 0.5) is 5.69 Å². The average molecular weight is 253 g/mol. The lowest BCUT2D eigenvalue weighted by Gasteiger charge is -2.23. The summed E-state index contributed by atoms with van der Waals surface area (Å²) in [5, 5.41) is 22.9. The van der Waals surface area contributed by atoms with Gasteiger partial charge in [0.15, 0.2) is 0 Å². The van der Waals surface area contributed by atoms with Crippen LogP contribution in [0.3, 0.4) is 0 Å². The van der Waals surface area contributed by atoms with Crippen molar-refractivity contribution in [1.82, 2.24) is 20.8 Å². The zero-order chi connectivity index (χ0) is 13.1. The van der Waals surface area contributed by atoms with Crippen LogP contribution in [0.2, 0.25) is 0 Å². The fourth-order valence-corrected chi connectivity index (χ4v) is 2.03. The van der Waals surface area contributed by atoms with Gasteiger partial charge in [0.25, 0.3) is 5.91 Å². The van der Waals surface area contributed by atoms with Crippen molar-refractivity contribution >= 4 is 11.6 Å². The number of hydrogen-bond acceptors (Lipinski definition) is 5. The number of carbonyl (C=O) groups is 1. The van der Waals surface area contributed by atoms with Crippen molar-refractivity contribution in [1.29, 1.82) is 0 Å². The number of aromatic nitrogens is 2. The molecule has 2 heterocycles. The molecule has 1 aliphatic heterocycles. The molecule has 8 heteroatoms.